The zero-order valence-electron chi connectivity index (χ0n) is 15.6. The van der Waals surface area contributed by atoms with Crippen molar-refractivity contribution in [2.45, 2.75) is 52.1 Å². The second kappa shape index (κ2) is 11.2. The summed E-state index contributed by atoms with van der Waals surface area (Å²) in [5.74, 6) is 1.29. The van der Waals surface area contributed by atoms with Crippen LogP contribution in [0.5, 0.6) is 5.75 Å². The first-order valence-corrected chi connectivity index (χ1v) is 9.50. The maximum absolute atomic E-state index is 5.73. The number of nitrogens with two attached hydrogens (primary N) is 1. The van der Waals surface area contributed by atoms with Gasteiger partial charge >= 0.3 is 0 Å². The number of methoxy groups -OCH3 is 1. The third kappa shape index (κ3) is 7.04. The van der Waals surface area contributed by atoms with Crippen molar-refractivity contribution in [3.63, 3.8) is 0 Å². The third-order valence-corrected chi connectivity index (χ3v) is 4.51. The molecule has 1 aromatic heterocycles. The molecule has 3 nitrogen and oxygen atoms in total. The van der Waals surface area contributed by atoms with Crippen molar-refractivity contribution in [2.24, 2.45) is 5.73 Å². The van der Waals surface area contributed by atoms with E-state index in [4.69, 9.17) is 10.5 Å². The summed E-state index contributed by atoms with van der Waals surface area (Å²) in [5, 5.41) is 5.41. The molecule has 4 heteroatoms. The molecule has 0 spiro atoms. The van der Waals surface area contributed by atoms with Crippen molar-refractivity contribution < 1.29 is 4.74 Å². The minimum absolute atomic E-state index is 0.344. The van der Waals surface area contributed by atoms with E-state index in [1.807, 2.05) is 12.1 Å². The van der Waals surface area contributed by atoms with Gasteiger partial charge in [-0.15, -0.1) is 11.3 Å². The van der Waals surface area contributed by atoms with Gasteiger partial charge in [0.25, 0.3) is 0 Å². The summed E-state index contributed by atoms with van der Waals surface area (Å²) in [6.45, 7) is 9.29. The molecular weight excluding hydrogens is 316 g/mol. The molecule has 1 aromatic carbocycles. The largest absolute Gasteiger partial charge is 0.496 e. The van der Waals surface area contributed by atoms with E-state index in [0.717, 1.165) is 12.2 Å². The molecule has 0 saturated carbocycles. The van der Waals surface area contributed by atoms with Crippen LogP contribution < -0.4 is 15.8 Å². The first-order valence-electron chi connectivity index (χ1n) is 8.62. The zero-order valence-corrected chi connectivity index (χ0v) is 16.4. The highest BCUT2D eigenvalue weighted by atomic mass is 32.1. The number of nitrogens with one attached hydrogen (secondary N) is 1. The second-order valence-corrected chi connectivity index (χ2v) is 7.34. The van der Waals surface area contributed by atoms with Crippen LogP contribution in [0.1, 0.15) is 50.5 Å². The van der Waals surface area contributed by atoms with Crippen molar-refractivity contribution in [1.29, 1.82) is 0 Å². The molecule has 134 valence electrons. The second-order valence-electron chi connectivity index (χ2n) is 6.36. The molecule has 0 radical (unpaired) electrons. The predicted molar refractivity (Wildman–Crippen MR) is 106 cm³/mol. The van der Waals surface area contributed by atoms with Gasteiger partial charge in [-0.1, -0.05) is 52.0 Å². The van der Waals surface area contributed by atoms with Crippen LogP contribution in [0.3, 0.4) is 0 Å². The fourth-order valence-electron chi connectivity index (χ4n) is 2.73. The summed E-state index contributed by atoms with van der Waals surface area (Å²) in [7, 11) is 1.72. The van der Waals surface area contributed by atoms with Crippen LogP contribution in [0.25, 0.3) is 0 Å². The zero-order chi connectivity index (χ0) is 17.9. The Bertz CT molecular complexity index is 547. The van der Waals surface area contributed by atoms with Crippen LogP contribution in [0.15, 0.2) is 41.8 Å². The highest BCUT2D eigenvalue weighted by Gasteiger charge is 2.17. The minimum atomic E-state index is 0.344. The van der Waals surface area contributed by atoms with Crippen molar-refractivity contribution >= 4 is 11.3 Å². The van der Waals surface area contributed by atoms with E-state index in [2.05, 4.69) is 62.7 Å². The van der Waals surface area contributed by atoms with Crippen molar-refractivity contribution in [3.05, 3.63) is 52.2 Å². The van der Waals surface area contributed by atoms with Crippen LogP contribution in [-0.2, 0) is 0 Å². The molecule has 0 aliphatic carbocycles. The molecule has 0 aliphatic heterocycles. The molecule has 1 atom stereocenters. The van der Waals surface area contributed by atoms with E-state index in [9.17, 15) is 0 Å². The monoisotopic (exact) mass is 348 g/mol. The predicted octanol–water partition coefficient (Wildman–Crippen LogP) is 4.63. The highest BCUT2D eigenvalue weighted by molar-refractivity contribution is 7.10. The van der Waals surface area contributed by atoms with Gasteiger partial charge in [-0.3, -0.25) is 0 Å². The molecular formula is C20H32N2OS. The van der Waals surface area contributed by atoms with Crippen LogP contribution in [0.2, 0.25) is 0 Å². The molecule has 0 aliphatic rings. The van der Waals surface area contributed by atoms with Crippen molar-refractivity contribution in [3.8, 4) is 5.75 Å². The van der Waals surface area contributed by atoms with E-state index in [1.54, 1.807) is 18.4 Å². The Morgan fingerprint density at radius 3 is 2.17 bits per heavy atom. The van der Waals surface area contributed by atoms with Gasteiger partial charge in [-0.2, -0.15) is 0 Å². The number of rotatable bonds is 7. The fourth-order valence-corrected chi connectivity index (χ4v) is 3.61. The highest BCUT2D eigenvalue weighted by Crippen LogP contribution is 2.35. The molecule has 0 bridgehead atoms. The Morgan fingerprint density at radius 2 is 1.71 bits per heavy atom. The Hall–Kier alpha value is -1.36. The molecule has 0 amide bonds. The number of hydrogen-bond donors (Lipinski definition) is 2. The maximum atomic E-state index is 5.73. The molecule has 2 aromatic rings. The van der Waals surface area contributed by atoms with E-state index < -0.39 is 0 Å². The molecule has 1 unspecified atom stereocenters. The number of benzene rings is 1. The lowest BCUT2D eigenvalue weighted by Crippen LogP contribution is -2.29. The van der Waals surface area contributed by atoms with Crippen LogP contribution in [0.4, 0.5) is 0 Å². The average molecular weight is 349 g/mol. The van der Waals surface area contributed by atoms with Gasteiger partial charge in [-0.25, -0.2) is 0 Å². The van der Waals surface area contributed by atoms with E-state index in [-0.39, 0.29) is 0 Å². The normalized spacial score (nSPS) is 12.0. The van der Waals surface area contributed by atoms with Crippen molar-refractivity contribution in [1.82, 2.24) is 5.32 Å². The lowest BCUT2D eigenvalue weighted by molar-refractivity contribution is 0.407. The summed E-state index contributed by atoms with van der Waals surface area (Å²) in [4.78, 5) is 1.35. The molecule has 1 heterocycles. The molecule has 0 saturated heterocycles. The van der Waals surface area contributed by atoms with Crippen LogP contribution >= 0.6 is 11.3 Å². The molecule has 2 rings (SSSR count). The third-order valence-electron chi connectivity index (χ3n) is 3.52. The summed E-state index contributed by atoms with van der Waals surface area (Å²) in [6.07, 6.45) is 0.945. The smallest absolute Gasteiger partial charge is 0.122 e. The minimum Gasteiger partial charge on any atom is -0.496 e. The number of para-hydroxylation sites is 1. The Balaban J connectivity index is 0.000000351. The van der Waals surface area contributed by atoms with Gasteiger partial charge in [0.15, 0.2) is 0 Å². The quantitative estimate of drug-likeness (QED) is 0.767. The van der Waals surface area contributed by atoms with E-state index in [1.165, 1.54) is 10.4 Å². The van der Waals surface area contributed by atoms with Gasteiger partial charge in [0.2, 0.25) is 0 Å². The SMILES string of the molecule is CC(C)NC(C)C.COc1ccccc1C(CCN)c1cccs1. The van der Waals surface area contributed by atoms with Crippen LogP contribution in [0, 0.1) is 0 Å². The summed E-state index contributed by atoms with van der Waals surface area (Å²) < 4.78 is 5.43. The number of thiophene rings is 1. The Morgan fingerprint density at radius 1 is 1.04 bits per heavy atom. The number of ether oxygens (including phenoxy) is 1. The van der Waals surface area contributed by atoms with Gasteiger partial charge < -0.3 is 15.8 Å². The molecule has 0 fully saturated rings. The van der Waals surface area contributed by atoms with Gasteiger partial charge in [-0.05, 0) is 30.5 Å². The first kappa shape index (κ1) is 20.7. The fraction of sp³-hybridized carbons (Fsp3) is 0.500. The van der Waals surface area contributed by atoms with Gasteiger partial charge in [0, 0.05) is 28.4 Å². The van der Waals surface area contributed by atoms with E-state index >= 15 is 0 Å². The van der Waals surface area contributed by atoms with Crippen LogP contribution in [-0.4, -0.2) is 25.7 Å². The van der Waals surface area contributed by atoms with E-state index in [0.29, 0.717) is 24.5 Å². The van der Waals surface area contributed by atoms with Crippen molar-refractivity contribution in [2.75, 3.05) is 13.7 Å². The summed E-state index contributed by atoms with van der Waals surface area (Å²) >= 11 is 1.77. The summed E-state index contributed by atoms with van der Waals surface area (Å²) in [5.41, 5.74) is 6.95. The van der Waals surface area contributed by atoms with Gasteiger partial charge in [0.05, 0.1) is 7.11 Å². The molecule has 24 heavy (non-hydrogen) atoms. The number of hydrogen-bond acceptors (Lipinski definition) is 4. The first-order chi connectivity index (χ1) is 11.5. The average Bonchev–Trinajstić information content (AvgIpc) is 3.06. The maximum Gasteiger partial charge on any atom is 0.122 e. The summed E-state index contributed by atoms with van der Waals surface area (Å²) in [6, 6.07) is 13.7. The lowest BCUT2D eigenvalue weighted by Gasteiger charge is -2.18. The standard InChI is InChI=1S/C14H17NOS.C6H15N/c1-16-13-6-3-2-5-11(13)12(8-9-15)14-7-4-10-17-14;1-5(2)7-6(3)4/h2-7,10,12H,8-9,15H2,1H3;5-7H,1-4H3. The Kier molecular flexibility index (Phi) is 9.69. The lowest BCUT2D eigenvalue weighted by atomic mass is 9.93. The Labute approximate surface area is 151 Å². The topological polar surface area (TPSA) is 47.3 Å². The molecule has 3 N–H and O–H groups in total. The van der Waals surface area contributed by atoms with Gasteiger partial charge in [0.1, 0.15) is 5.75 Å².